The number of aromatic nitrogens is 2. The number of benzene rings is 1. The minimum atomic E-state index is -0.286. The third-order valence-corrected chi connectivity index (χ3v) is 2.78. The minimum absolute atomic E-state index is 0.155. The molecule has 1 unspecified atom stereocenters. The molecule has 5 heteroatoms. The smallest absolute Gasteiger partial charge is 0.231 e. The number of hydrogen-bond donors (Lipinski definition) is 2. The van der Waals surface area contributed by atoms with Crippen molar-refractivity contribution < 1.29 is 4.79 Å². The highest BCUT2D eigenvalue weighted by molar-refractivity contribution is 5.91. The number of anilines is 1. The normalized spacial score (nSPS) is 11.8. The molecule has 3 N–H and O–H groups in total. The van der Waals surface area contributed by atoms with Gasteiger partial charge in [-0.05, 0) is 18.1 Å². The largest absolute Gasteiger partial charge is 0.330 e. The molecule has 1 aromatic carbocycles. The van der Waals surface area contributed by atoms with Crippen molar-refractivity contribution in [1.82, 2.24) is 9.97 Å². The minimum Gasteiger partial charge on any atom is -0.330 e. The van der Waals surface area contributed by atoms with Crippen molar-refractivity contribution in [3.05, 3.63) is 54.4 Å². The van der Waals surface area contributed by atoms with Gasteiger partial charge in [-0.2, -0.15) is 0 Å². The summed E-state index contributed by atoms with van der Waals surface area (Å²) >= 11 is 0. The molecule has 0 fully saturated rings. The van der Waals surface area contributed by atoms with Gasteiger partial charge in [0.1, 0.15) is 0 Å². The lowest BCUT2D eigenvalue weighted by molar-refractivity contribution is -0.119. The van der Waals surface area contributed by atoms with E-state index in [1.54, 1.807) is 18.5 Å². The number of carbonyl (C=O) groups excluding carboxylic acids is 1. The summed E-state index contributed by atoms with van der Waals surface area (Å²) in [6, 6.07) is 11.5. The fourth-order valence-corrected chi connectivity index (χ4v) is 1.76. The van der Waals surface area contributed by atoms with Crippen LogP contribution in [0.4, 0.5) is 5.95 Å². The molecule has 0 radical (unpaired) electrons. The zero-order valence-corrected chi connectivity index (χ0v) is 10.5. The van der Waals surface area contributed by atoms with Crippen LogP contribution in [-0.4, -0.2) is 22.4 Å². The topological polar surface area (TPSA) is 80.9 Å². The van der Waals surface area contributed by atoms with Gasteiger partial charge < -0.3 is 5.73 Å². The van der Waals surface area contributed by atoms with Crippen LogP contribution in [0.15, 0.2) is 48.8 Å². The lowest BCUT2D eigenvalue weighted by Gasteiger charge is -2.14. The maximum absolute atomic E-state index is 12.1. The second-order valence-electron chi connectivity index (χ2n) is 4.18. The monoisotopic (exact) mass is 256 g/mol. The summed E-state index contributed by atoms with van der Waals surface area (Å²) in [5, 5.41) is 2.67. The third-order valence-electron chi connectivity index (χ3n) is 2.78. The van der Waals surface area contributed by atoms with E-state index in [0.717, 1.165) is 5.56 Å². The van der Waals surface area contributed by atoms with Gasteiger partial charge in [0.15, 0.2) is 0 Å². The molecular weight excluding hydrogens is 240 g/mol. The Labute approximate surface area is 111 Å². The molecule has 0 aliphatic carbocycles. The van der Waals surface area contributed by atoms with Gasteiger partial charge in [-0.1, -0.05) is 30.3 Å². The van der Waals surface area contributed by atoms with Gasteiger partial charge in [-0.25, -0.2) is 9.97 Å². The molecule has 2 aromatic rings. The molecule has 1 heterocycles. The Morgan fingerprint density at radius 3 is 2.47 bits per heavy atom. The maximum Gasteiger partial charge on any atom is 0.231 e. The average Bonchev–Trinajstić information content (AvgIpc) is 2.47. The Balaban J connectivity index is 2.00. The number of nitrogens with one attached hydrogen (secondary N) is 1. The van der Waals surface area contributed by atoms with Gasteiger partial charge in [0.25, 0.3) is 0 Å². The van der Waals surface area contributed by atoms with Gasteiger partial charge in [0.2, 0.25) is 11.9 Å². The van der Waals surface area contributed by atoms with Crippen molar-refractivity contribution in [2.24, 2.45) is 11.7 Å². The molecule has 98 valence electrons. The lowest BCUT2D eigenvalue weighted by Crippen LogP contribution is -2.31. The molecule has 1 atom stereocenters. The summed E-state index contributed by atoms with van der Waals surface area (Å²) in [6.07, 6.45) is 3.77. The number of nitrogens with two attached hydrogens (primary N) is 1. The molecule has 0 spiro atoms. The first-order valence-corrected chi connectivity index (χ1v) is 6.11. The Morgan fingerprint density at radius 2 is 1.84 bits per heavy atom. The fourth-order valence-electron chi connectivity index (χ4n) is 1.76. The standard InChI is InChI=1S/C14H16N4O/c15-10-12(9-11-5-2-1-3-6-11)13(19)18-14-16-7-4-8-17-14/h1-8,12H,9-10,15H2,(H,16,17,18,19). The van der Waals surface area contributed by atoms with Crippen molar-refractivity contribution in [1.29, 1.82) is 0 Å². The average molecular weight is 256 g/mol. The van der Waals surface area contributed by atoms with Gasteiger partial charge in [-0.15, -0.1) is 0 Å². The van der Waals surface area contributed by atoms with Crippen molar-refractivity contribution >= 4 is 11.9 Å². The van der Waals surface area contributed by atoms with Crippen LogP contribution in [0.2, 0.25) is 0 Å². The van der Waals surface area contributed by atoms with Crippen molar-refractivity contribution in [2.45, 2.75) is 6.42 Å². The Kier molecular flexibility index (Phi) is 4.58. The van der Waals surface area contributed by atoms with Crippen molar-refractivity contribution in [3.63, 3.8) is 0 Å². The van der Waals surface area contributed by atoms with E-state index in [1.807, 2.05) is 30.3 Å². The summed E-state index contributed by atoms with van der Waals surface area (Å²) in [4.78, 5) is 20.0. The SMILES string of the molecule is NCC(Cc1ccccc1)C(=O)Nc1ncccn1. The molecule has 1 aromatic heterocycles. The van der Waals surface area contributed by atoms with E-state index in [-0.39, 0.29) is 18.4 Å². The van der Waals surface area contributed by atoms with E-state index >= 15 is 0 Å². The molecule has 0 saturated carbocycles. The first kappa shape index (κ1) is 13.2. The summed E-state index contributed by atoms with van der Waals surface area (Å²) < 4.78 is 0. The quantitative estimate of drug-likeness (QED) is 0.843. The highest BCUT2D eigenvalue weighted by Gasteiger charge is 2.18. The first-order valence-electron chi connectivity index (χ1n) is 6.11. The zero-order chi connectivity index (χ0) is 13.5. The Bertz CT molecular complexity index is 515. The van der Waals surface area contributed by atoms with Gasteiger partial charge in [0, 0.05) is 18.9 Å². The Morgan fingerprint density at radius 1 is 1.16 bits per heavy atom. The van der Waals surface area contributed by atoms with Crippen LogP contribution in [0.5, 0.6) is 0 Å². The molecule has 0 aliphatic heterocycles. The highest BCUT2D eigenvalue weighted by atomic mass is 16.2. The summed E-state index contributed by atoms with van der Waals surface area (Å²) in [5.41, 5.74) is 6.76. The van der Waals surface area contributed by atoms with E-state index in [2.05, 4.69) is 15.3 Å². The second-order valence-corrected chi connectivity index (χ2v) is 4.18. The van der Waals surface area contributed by atoms with E-state index in [4.69, 9.17) is 5.73 Å². The number of carbonyl (C=O) groups is 1. The summed E-state index contributed by atoms with van der Waals surface area (Å²) in [7, 11) is 0. The van der Waals surface area contributed by atoms with E-state index in [1.165, 1.54) is 0 Å². The highest BCUT2D eigenvalue weighted by Crippen LogP contribution is 2.09. The number of hydrogen-bond acceptors (Lipinski definition) is 4. The number of nitrogens with zero attached hydrogens (tertiary/aromatic N) is 2. The Hall–Kier alpha value is -2.27. The predicted molar refractivity (Wildman–Crippen MR) is 73.4 cm³/mol. The van der Waals surface area contributed by atoms with E-state index < -0.39 is 0 Å². The van der Waals surface area contributed by atoms with Crippen LogP contribution < -0.4 is 11.1 Å². The maximum atomic E-state index is 12.1. The molecule has 0 bridgehead atoms. The summed E-state index contributed by atoms with van der Waals surface area (Å²) in [6.45, 7) is 0.285. The van der Waals surface area contributed by atoms with Crippen LogP contribution in [0, 0.1) is 5.92 Å². The van der Waals surface area contributed by atoms with Crippen LogP contribution >= 0.6 is 0 Å². The summed E-state index contributed by atoms with van der Waals surface area (Å²) in [5.74, 6) is -0.136. The van der Waals surface area contributed by atoms with E-state index in [9.17, 15) is 4.79 Å². The lowest BCUT2D eigenvalue weighted by atomic mass is 9.99. The van der Waals surface area contributed by atoms with Gasteiger partial charge in [-0.3, -0.25) is 10.1 Å². The van der Waals surface area contributed by atoms with E-state index in [0.29, 0.717) is 12.4 Å². The second kappa shape index (κ2) is 6.61. The first-order chi connectivity index (χ1) is 9.29. The zero-order valence-electron chi connectivity index (χ0n) is 10.5. The number of rotatable bonds is 5. The fraction of sp³-hybridized carbons (Fsp3) is 0.214. The molecule has 19 heavy (non-hydrogen) atoms. The molecule has 0 aliphatic rings. The van der Waals surface area contributed by atoms with Crippen LogP contribution in [0.3, 0.4) is 0 Å². The van der Waals surface area contributed by atoms with Crippen molar-refractivity contribution in [2.75, 3.05) is 11.9 Å². The van der Waals surface area contributed by atoms with Crippen LogP contribution in [-0.2, 0) is 11.2 Å². The predicted octanol–water partition coefficient (Wildman–Crippen LogP) is 1.23. The molecule has 0 saturated heterocycles. The molecular formula is C14H16N4O. The van der Waals surface area contributed by atoms with Gasteiger partial charge >= 0.3 is 0 Å². The molecule has 5 nitrogen and oxygen atoms in total. The molecule has 2 rings (SSSR count). The molecule has 1 amide bonds. The van der Waals surface area contributed by atoms with Crippen LogP contribution in [0.25, 0.3) is 0 Å². The van der Waals surface area contributed by atoms with Crippen molar-refractivity contribution in [3.8, 4) is 0 Å². The number of amides is 1. The van der Waals surface area contributed by atoms with Gasteiger partial charge in [0.05, 0.1) is 5.92 Å². The van der Waals surface area contributed by atoms with Crippen LogP contribution in [0.1, 0.15) is 5.56 Å². The third kappa shape index (κ3) is 3.86.